The van der Waals surface area contributed by atoms with Gasteiger partial charge in [-0.1, -0.05) is 25.1 Å². The van der Waals surface area contributed by atoms with E-state index in [1.807, 2.05) is 0 Å². The van der Waals surface area contributed by atoms with E-state index in [1.165, 1.54) is 11.1 Å². The van der Waals surface area contributed by atoms with Crippen LogP contribution in [0, 0.1) is 0 Å². The molecule has 1 aromatic rings. The van der Waals surface area contributed by atoms with Crippen molar-refractivity contribution in [3.63, 3.8) is 0 Å². The van der Waals surface area contributed by atoms with E-state index in [0.717, 1.165) is 18.4 Å². The first-order valence-corrected chi connectivity index (χ1v) is 5.27. The lowest BCUT2D eigenvalue weighted by molar-refractivity contribution is 0.173. The summed E-state index contributed by atoms with van der Waals surface area (Å²) in [6.45, 7) is 2.76. The zero-order valence-electron chi connectivity index (χ0n) is 8.53. The molecule has 2 heteroatoms. The van der Waals surface area contributed by atoms with E-state index in [4.69, 9.17) is 5.73 Å². The van der Waals surface area contributed by atoms with E-state index >= 15 is 0 Å². The quantitative estimate of drug-likeness (QED) is 0.747. The first-order chi connectivity index (χ1) is 6.76. The predicted molar refractivity (Wildman–Crippen MR) is 57.2 cm³/mol. The largest absolute Gasteiger partial charge is 0.388 e. The molecule has 0 fully saturated rings. The number of nitrogens with two attached hydrogens (primary N) is 1. The summed E-state index contributed by atoms with van der Waals surface area (Å²) in [7, 11) is 0. The zero-order chi connectivity index (χ0) is 10.1. The molecule has 2 rings (SSSR count). The maximum Gasteiger partial charge on any atom is 0.0799 e. The van der Waals surface area contributed by atoms with Gasteiger partial charge in [0.15, 0.2) is 0 Å². The molecule has 0 heterocycles. The minimum Gasteiger partial charge on any atom is -0.388 e. The van der Waals surface area contributed by atoms with Crippen LogP contribution in [-0.2, 0) is 6.42 Å². The fraction of sp³-hybridized carbons (Fsp3) is 0.500. The summed E-state index contributed by atoms with van der Waals surface area (Å²) in [6.07, 6.45) is 1.51. The van der Waals surface area contributed by atoms with Gasteiger partial charge in [-0.3, -0.25) is 0 Å². The summed E-state index contributed by atoms with van der Waals surface area (Å²) >= 11 is 0. The Kier molecular flexibility index (Phi) is 2.57. The molecule has 2 atom stereocenters. The lowest BCUT2D eigenvalue weighted by atomic mass is 9.99. The Morgan fingerprint density at radius 1 is 1.43 bits per heavy atom. The van der Waals surface area contributed by atoms with Crippen LogP contribution in [0.15, 0.2) is 18.2 Å². The molecule has 1 aliphatic rings. The molecule has 76 valence electrons. The monoisotopic (exact) mass is 191 g/mol. The molecule has 0 saturated carbocycles. The predicted octanol–water partition coefficient (Wildman–Crippen LogP) is 1.73. The molecule has 0 aliphatic heterocycles. The molecular weight excluding hydrogens is 174 g/mol. The van der Waals surface area contributed by atoms with E-state index in [9.17, 15) is 5.11 Å². The summed E-state index contributed by atoms with van der Waals surface area (Å²) in [6, 6.07) is 6.39. The maximum absolute atomic E-state index is 9.85. The lowest BCUT2D eigenvalue weighted by Crippen LogP contribution is -2.09. The number of hydrogen-bond donors (Lipinski definition) is 2. The van der Waals surface area contributed by atoms with Gasteiger partial charge in [-0.25, -0.2) is 0 Å². The number of aryl methyl sites for hydroxylation is 1. The van der Waals surface area contributed by atoms with Gasteiger partial charge in [0.2, 0.25) is 0 Å². The second-order valence-electron chi connectivity index (χ2n) is 4.00. The SMILES string of the molecule is CCc1ccc2c(c1)C(O)CC2CN. The molecular formula is C12H17NO. The third kappa shape index (κ3) is 1.45. The van der Waals surface area contributed by atoms with Crippen molar-refractivity contribution >= 4 is 0 Å². The second-order valence-corrected chi connectivity index (χ2v) is 4.00. The number of fused-ring (bicyclic) bond motifs is 1. The van der Waals surface area contributed by atoms with Crippen LogP contribution < -0.4 is 5.73 Å². The van der Waals surface area contributed by atoms with Crippen LogP contribution >= 0.6 is 0 Å². The third-order valence-corrected chi connectivity index (χ3v) is 3.15. The van der Waals surface area contributed by atoms with Gasteiger partial charge in [-0.2, -0.15) is 0 Å². The minimum atomic E-state index is -0.301. The smallest absolute Gasteiger partial charge is 0.0799 e. The van der Waals surface area contributed by atoms with E-state index in [1.54, 1.807) is 0 Å². The maximum atomic E-state index is 9.85. The van der Waals surface area contributed by atoms with Crippen LogP contribution in [0.2, 0.25) is 0 Å². The Balaban J connectivity index is 2.41. The highest BCUT2D eigenvalue weighted by molar-refractivity contribution is 5.40. The second kappa shape index (κ2) is 3.71. The van der Waals surface area contributed by atoms with Crippen molar-refractivity contribution in [3.8, 4) is 0 Å². The summed E-state index contributed by atoms with van der Waals surface area (Å²) < 4.78 is 0. The fourth-order valence-electron chi connectivity index (χ4n) is 2.25. The van der Waals surface area contributed by atoms with Crippen molar-refractivity contribution in [1.29, 1.82) is 0 Å². The van der Waals surface area contributed by atoms with Crippen LogP contribution in [0.4, 0.5) is 0 Å². The topological polar surface area (TPSA) is 46.2 Å². The standard InChI is InChI=1S/C12H17NO/c1-2-8-3-4-10-9(7-13)6-12(14)11(10)5-8/h3-5,9,12,14H,2,6-7,13H2,1H3. The average molecular weight is 191 g/mol. The lowest BCUT2D eigenvalue weighted by Gasteiger charge is -2.08. The molecule has 0 bridgehead atoms. The molecule has 3 N–H and O–H groups in total. The molecule has 1 aromatic carbocycles. The van der Waals surface area contributed by atoms with Crippen molar-refractivity contribution in [2.45, 2.75) is 31.8 Å². The van der Waals surface area contributed by atoms with Gasteiger partial charge in [0.1, 0.15) is 0 Å². The molecule has 0 spiro atoms. The molecule has 0 saturated heterocycles. The van der Waals surface area contributed by atoms with E-state index < -0.39 is 0 Å². The van der Waals surface area contributed by atoms with Crippen molar-refractivity contribution in [1.82, 2.24) is 0 Å². The highest BCUT2D eigenvalue weighted by Crippen LogP contribution is 2.39. The molecule has 1 aliphatic carbocycles. The van der Waals surface area contributed by atoms with Gasteiger partial charge < -0.3 is 10.8 Å². The summed E-state index contributed by atoms with van der Waals surface area (Å²) in [5.41, 5.74) is 9.31. The molecule has 0 aromatic heterocycles. The van der Waals surface area contributed by atoms with Gasteiger partial charge in [0, 0.05) is 0 Å². The first kappa shape index (κ1) is 9.69. The zero-order valence-corrected chi connectivity index (χ0v) is 8.53. The third-order valence-electron chi connectivity index (χ3n) is 3.15. The number of rotatable bonds is 2. The highest BCUT2D eigenvalue weighted by Gasteiger charge is 2.28. The summed E-state index contributed by atoms with van der Waals surface area (Å²) in [5, 5.41) is 9.85. The van der Waals surface area contributed by atoms with Crippen LogP contribution in [-0.4, -0.2) is 11.7 Å². The van der Waals surface area contributed by atoms with E-state index in [0.29, 0.717) is 12.5 Å². The Labute approximate surface area is 84.7 Å². The number of benzene rings is 1. The summed E-state index contributed by atoms with van der Waals surface area (Å²) in [4.78, 5) is 0. The Morgan fingerprint density at radius 2 is 2.21 bits per heavy atom. The fourth-order valence-corrected chi connectivity index (χ4v) is 2.25. The van der Waals surface area contributed by atoms with Crippen molar-refractivity contribution in [2.24, 2.45) is 5.73 Å². The number of aliphatic hydroxyl groups is 1. The molecule has 0 radical (unpaired) electrons. The van der Waals surface area contributed by atoms with Gasteiger partial charge >= 0.3 is 0 Å². The van der Waals surface area contributed by atoms with Gasteiger partial charge in [-0.15, -0.1) is 0 Å². The van der Waals surface area contributed by atoms with Crippen molar-refractivity contribution in [3.05, 3.63) is 34.9 Å². The molecule has 0 amide bonds. The summed E-state index contributed by atoms with van der Waals surface area (Å²) in [5.74, 6) is 0.353. The normalized spacial score (nSPS) is 25.1. The number of hydrogen-bond acceptors (Lipinski definition) is 2. The Morgan fingerprint density at radius 3 is 2.86 bits per heavy atom. The average Bonchev–Trinajstić information content (AvgIpc) is 2.55. The van der Waals surface area contributed by atoms with Gasteiger partial charge in [-0.05, 0) is 42.0 Å². The van der Waals surface area contributed by atoms with Gasteiger partial charge in [0.05, 0.1) is 6.10 Å². The Hall–Kier alpha value is -0.860. The Bertz CT molecular complexity index is 335. The van der Waals surface area contributed by atoms with Crippen molar-refractivity contribution < 1.29 is 5.11 Å². The highest BCUT2D eigenvalue weighted by atomic mass is 16.3. The molecule has 14 heavy (non-hydrogen) atoms. The van der Waals surface area contributed by atoms with E-state index in [-0.39, 0.29) is 6.10 Å². The first-order valence-electron chi connectivity index (χ1n) is 5.27. The van der Waals surface area contributed by atoms with Crippen LogP contribution in [0.1, 0.15) is 42.1 Å². The van der Waals surface area contributed by atoms with E-state index in [2.05, 4.69) is 25.1 Å². The van der Waals surface area contributed by atoms with Crippen LogP contribution in [0.3, 0.4) is 0 Å². The molecule has 2 unspecified atom stereocenters. The van der Waals surface area contributed by atoms with Gasteiger partial charge in [0.25, 0.3) is 0 Å². The number of aliphatic hydroxyl groups excluding tert-OH is 1. The minimum absolute atomic E-state index is 0.301. The molecule has 2 nitrogen and oxygen atoms in total. The van der Waals surface area contributed by atoms with Crippen LogP contribution in [0.5, 0.6) is 0 Å². The van der Waals surface area contributed by atoms with Crippen LogP contribution in [0.25, 0.3) is 0 Å². The van der Waals surface area contributed by atoms with Crippen molar-refractivity contribution in [2.75, 3.05) is 6.54 Å².